The normalized spacial score (nSPS) is 18.7. The van der Waals surface area contributed by atoms with E-state index in [0.29, 0.717) is 22.1 Å². The summed E-state index contributed by atoms with van der Waals surface area (Å²) in [5.74, 6) is 0.201. The molecule has 0 radical (unpaired) electrons. The first-order valence-electron chi connectivity index (χ1n) is 10.4. The van der Waals surface area contributed by atoms with Crippen molar-refractivity contribution in [3.8, 4) is 11.5 Å². The third-order valence-corrected chi connectivity index (χ3v) is 6.40. The number of amides is 3. The van der Waals surface area contributed by atoms with Crippen molar-refractivity contribution < 1.29 is 23.9 Å². The van der Waals surface area contributed by atoms with Crippen LogP contribution < -0.4 is 19.7 Å². The van der Waals surface area contributed by atoms with Crippen molar-refractivity contribution in [3.05, 3.63) is 52.9 Å². The topological polar surface area (TPSA) is 88.2 Å². The predicted molar refractivity (Wildman–Crippen MR) is 122 cm³/mol. The minimum Gasteiger partial charge on any atom is -0.454 e. The summed E-state index contributed by atoms with van der Waals surface area (Å²) < 4.78 is 10.5. The lowest BCUT2D eigenvalue weighted by molar-refractivity contribution is -0.127. The van der Waals surface area contributed by atoms with Crippen molar-refractivity contribution >= 4 is 46.3 Å². The second-order valence-electron chi connectivity index (χ2n) is 7.67. The number of thioether (sulfide) groups is 1. The maximum Gasteiger partial charge on any atom is 0.294 e. The summed E-state index contributed by atoms with van der Waals surface area (Å²) in [6.45, 7) is 1.90. The summed E-state index contributed by atoms with van der Waals surface area (Å²) in [6, 6.07) is 12.9. The smallest absolute Gasteiger partial charge is 0.294 e. The van der Waals surface area contributed by atoms with E-state index in [4.69, 9.17) is 9.47 Å². The van der Waals surface area contributed by atoms with Crippen LogP contribution in [-0.4, -0.2) is 48.4 Å². The summed E-state index contributed by atoms with van der Waals surface area (Å²) in [5, 5.41) is 2.22. The van der Waals surface area contributed by atoms with E-state index in [0.717, 1.165) is 41.0 Å². The molecule has 32 heavy (non-hydrogen) atoms. The number of nitrogens with one attached hydrogen (secondary N) is 1. The van der Waals surface area contributed by atoms with Gasteiger partial charge in [-0.1, -0.05) is 12.1 Å². The fourth-order valence-electron chi connectivity index (χ4n) is 3.86. The molecule has 0 aliphatic carbocycles. The van der Waals surface area contributed by atoms with Crippen LogP contribution in [-0.2, 0) is 9.59 Å². The lowest BCUT2D eigenvalue weighted by Gasteiger charge is -2.17. The highest BCUT2D eigenvalue weighted by Gasteiger charge is 2.36. The summed E-state index contributed by atoms with van der Waals surface area (Å²) in [7, 11) is 0. The Balaban J connectivity index is 1.23. The van der Waals surface area contributed by atoms with Crippen LogP contribution in [0.2, 0.25) is 0 Å². The van der Waals surface area contributed by atoms with Gasteiger partial charge in [0.1, 0.15) is 6.54 Å². The van der Waals surface area contributed by atoms with Crippen molar-refractivity contribution in [1.82, 2.24) is 4.90 Å². The largest absolute Gasteiger partial charge is 0.454 e. The van der Waals surface area contributed by atoms with E-state index in [2.05, 4.69) is 10.2 Å². The number of rotatable bonds is 5. The van der Waals surface area contributed by atoms with E-state index in [1.807, 2.05) is 24.3 Å². The van der Waals surface area contributed by atoms with Gasteiger partial charge in [-0.3, -0.25) is 19.3 Å². The molecule has 2 saturated heterocycles. The Hall–Kier alpha value is -3.46. The standard InChI is InChI=1S/C23H21N3O5S/c27-21(24-16-5-8-18-19(12-16)31-14-30-18)13-26-22(28)20(32-23(26)29)11-15-3-6-17(7-4-15)25-9-1-2-10-25/h3-8,11-12H,1-2,9-10,13-14H2,(H,24,27)/b20-11+. The van der Waals surface area contributed by atoms with Crippen LogP contribution in [0.25, 0.3) is 6.08 Å². The van der Waals surface area contributed by atoms with Crippen LogP contribution in [0.4, 0.5) is 16.2 Å². The van der Waals surface area contributed by atoms with Gasteiger partial charge in [0.15, 0.2) is 11.5 Å². The molecule has 0 aromatic heterocycles. The SMILES string of the molecule is O=C(CN1C(=O)S/C(=C/c2ccc(N3CCCC3)cc2)C1=O)Nc1ccc2c(c1)OCO2. The van der Waals surface area contributed by atoms with E-state index in [1.54, 1.807) is 24.3 Å². The monoisotopic (exact) mass is 451 g/mol. The molecule has 164 valence electrons. The van der Waals surface area contributed by atoms with Crippen molar-refractivity contribution in [2.75, 3.05) is 36.6 Å². The number of hydrogen-bond donors (Lipinski definition) is 1. The molecular weight excluding hydrogens is 430 g/mol. The maximum atomic E-state index is 12.7. The molecule has 2 fully saturated rings. The third-order valence-electron chi connectivity index (χ3n) is 5.49. The van der Waals surface area contributed by atoms with Gasteiger partial charge < -0.3 is 19.7 Å². The highest BCUT2D eigenvalue weighted by atomic mass is 32.2. The maximum absolute atomic E-state index is 12.7. The molecule has 0 spiro atoms. The molecule has 8 nitrogen and oxygen atoms in total. The molecule has 0 saturated carbocycles. The van der Waals surface area contributed by atoms with Gasteiger partial charge in [0.25, 0.3) is 11.1 Å². The first kappa shape index (κ1) is 20.4. The zero-order valence-electron chi connectivity index (χ0n) is 17.2. The van der Waals surface area contributed by atoms with Crippen molar-refractivity contribution in [2.24, 2.45) is 0 Å². The molecule has 0 unspecified atom stereocenters. The molecule has 3 amide bonds. The van der Waals surface area contributed by atoms with E-state index in [9.17, 15) is 14.4 Å². The Kier molecular flexibility index (Phi) is 5.48. The van der Waals surface area contributed by atoms with E-state index >= 15 is 0 Å². The van der Waals surface area contributed by atoms with Crippen LogP contribution in [0, 0.1) is 0 Å². The molecule has 0 bridgehead atoms. The molecule has 5 rings (SSSR count). The molecule has 3 aliphatic heterocycles. The second kappa shape index (κ2) is 8.58. The highest BCUT2D eigenvalue weighted by Crippen LogP contribution is 2.35. The van der Waals surface area contributed by atoms with Gasteiger partial charge in [0, 0.05) is 30.5 Å². The number of ether oxygens (including phenoxy) is 2. The Labute approximate surface area is 189 Å². The lowest BCUT2D eigenvalue weighted by Crippen LogP contribution is -2.36. The van der Waals surface area contributed by atoms with Crippen molar-refractivity contribution in [3.63, 3.8) is 0 Å². The van der Waals surface area contributed by atoms with Gasteiger partial charge in [-0.2, -0.15) is 0 Å². The molecule has 3 heterocycles. The van der Waals surface area contributed by atoms with Crippen LogP contribution in [0.15, 0.2) is 47.4 Å². The van der Waals surface area contributed by atoms with E-state index in [-0.39, 0.29) is 13.3 Å². The number of imide groups is 1. The van der Waals surface area contributed by atoms with Gasteiger partial charge >= 0.3 is 0 Å². The van der Waals surface area contributed by atoms with Crippen molar-refractivity contribution in [1.29, 1.82) is 0 Å². The van der Waals surface area contributed by atoms with Gasteiger partial charge in [-0.05, 0) is 60.5 Å². The fraction of sp³-hybridized carbons (Fsp3) is 0.261. The molecule has 3 aliphatic rings. The lowest BCUT2D eigenvalue weighted by atomic mass is 10.2. The molecular formula is C23H21N3O5S. The first-order chi connectivity index (χ1) is 15.6. The highest BCUT2D eigenvalue weighted by molar-refractivity contribution is 8.18. The number of fused-ring (bicyclic) bond motifs is 1. The summed E-state index contributed by atoms with van der Waals surface area (Å²) >= 11 is 0.842. The number of benzene rings is 2. The van der Waals surface area contributed by atoms with Gasteiger partial charge in [-0.25, -0.2) is 0 Å². The van der Waals surface area contributed by atoms with Gasteiger partial charge in [-0.15, -0.1) is 0 Å². The Morgan fingerprint density at radius 3 is 2.56 bits per heavy atom. The minimum atomic E-state index is -0.470. The molecule has 2 aromatic rings. The number of carbonyl (C=O) groups is 3. The summed E-state index contributed by atoms with van der Waals surface area (Å²) in [4.78, 5) is 41.1. The fourth-order valence-corrected chi connectivity index (χ4v) is 4.70. The van der Waals surface area contributed by atoms with Crippen LogP contribution >= 0.6 is 11.8 Å². The van der Waals surface area contributed by atoms with Crippen LogP contribution in [0.3, 0.4) is 0 Å². The van der Waals surface area contributed by atoms with E-state index < -0.39 is 17.1 Å². The number of anilines is 2. The van der Waals surface area contributed by atoms with Crippen LogP contribution in [0.5, 0.6) is 11.5 Å². The second-order valence-corrected chi connectivity index (χ2v) is 8.66. The summed E-state index contributed by atoms with van der Waals surface area (Å²) in [5.41, 5.74) is 2.50. The molecule has 0 atom stereocenters. The Morgan fingerprint density at radius 2 is 1.78 bits per heavy atom. The Morgan fingerprint density at radius 1 is 1.03 bits per heavy atom. The van der Waals surface area contributed by atoms with E-state index in [1.165, 1.54) is 12.8 Å². The molecule has 1 N–H and O–H groups in total. The average Bonchev–Trinajstić information content (AvgIpc) is 3.53. The first-order valence-corrected chi connectivity index (χ1v) is 11.2. The third kappa shape index (κ3) is 4.16. The average molecular weight is 452 g/mol. The number of hydrogen-bond acceptors (Lipinski definition) is 7. The number of carbonyl (C=O) groups excluding carboxylic acids is 3. The zero-order chi connectivity index (χ0) is 22.1. The summed E-state index contributed by atoms with van der Waals surface area (Å²) in [6.07, 6.45) is 4.10. The Bertz CT molecular complexity index is 1110. The van der Waals surface area contributed by atoms with Gasteiger partial charge in [0.2, 0.25) is 12.7 Å². The quantitative estimate of drug-likeness (QED) is 0.694. The molecule has 9 heteroatoms. The minimum absolute atomic E-state index is 0.136. The number of nitrogens with zero attached hydrogens (tertiary/aromatic N) is 2. The zero-order valence-corrected chi connectivity index (χ0v) is 18.0. The molecule has 2 aromatic carbocycles. The van der Waals surface area contributed by atoms with Crippen molar-refractivity contribution in [2.45, 2.75) is 12.8 Å². The predicted octanol–water partition coefficient (Wildman–Crippen LogP) is 3.69. The van der Waals surface area contributed by atoms with Crippen LogP contribution in [0.1, 0.15) is 18.4 Å². The van der Waals surface area contributed by atoms with Gasteiger partial charge in [0.05, 0.1) is 4.91 Å².